The molecule has 0 aromatic carbocycles. The smallest absolute Gasteiger partial charge is 0.147 e. The molecule has 1 aliphatic heterocycles. The molecule has 0 bridgehead atoms. The van der Waals surface area contributed by atoms with Crippen LogP contribution in [0.5, 0.6) is 0 Å². The SMILES string of the molecule is CCCN(CC1CCCCN1)c1cnnn1C. The summed E-state index contributed by atoms with van der Waals surface area (Å²) in [6, 6.07) is 0.616. The third-order valence-corrected chi connectivity index (χ3v) is 3.36. The van der Waals surface area contributed by atoms with Gasteiger partial charge in [-0.2, -0.15) is 0 Å². The van der Waals surface area contributed by atoms with Crippen molar-refractivity contribution in [2.45, 2.75) is 38.6 Å². The van der Waals surface area contributed by atoms with Crippen LogP contribution in [-0.4, -0.2) is 40.7 Å². The number of nitrogens with zero attached hydrogens (tertiary/aromatic N) is 4. The van der Waals surface area contributed by atoms with Gasteiger partial charge < -0.3 is 10.2 Å². The average Bonchev–Trinajstić information content (AvgIpc) is 2.76. The van der Waals surface area contributed by atoms with E-state index in [1.54, 1.807) is 0 Å². The van der Waals surface area contributed by atoms with E-state index in [-0.39, 0.29) is 0 Å². The summed E-state index contributed by atoms with van der Waals surface area (Å²) in [5, 5.41) is 11.6. The fraction of sp³-hybridized carbons (Fsp3) is 0.833. The largest absolute Gasteiger partial charge is 0.354 e. The standard InChI is InChI=1S/C12H23N5/c1-3-8-17(12-9-14-15-16(12)2)10-11-6-4-5-7-13-11/h9,11,13H,3-8,10H2,1-2H3. The van der Waals surface area contributed by atoms with E-state index in [0.29, 0.717) is 6.04 Å². The maximum Gasteiger partial charge on any atom is 0.147 e. The van der Waals surface area contributed by atoms with Crippen LogP contribution in [0.1, 0.15) is 32.6 Å². The number of aryl methyl sites for hydroxylation is 1. The van der Waals surface area contributed by atoms with Gasteiger partial charge >= 0.3 is 0 Å². The van der Waals surface area contributed by atoms with Crippen molar-refractivity contribution in [2.75, 3.05) is 24.5 Å². The monoisotopic (exact) mass is 237 g/mol. The van der Waals surface area contributed by atoms with Crippen LogP contribution >= 0.6 is 0 Å². The number of hydrogen-bond acceptors (Lipinski definition) is 4. The molecular formula is C12H23N5. The molecule has 1 fully saturated rings. The van der Waals surface area contributed by atoms with Crippen molar-refractivity contribution >= 4 is 5.82 Å². The van der Waals surface area contributed by atoms with Crippen LogP contribution in [0.3, 0.4) is 0 Å². The molecule has 0 radical (unpaired) electrons. The lowest BCUT2D eigenvalue weighted by Gasteiger charge is -2.31. The molecule has 96 valence electrons. The van der Waals surface area contributed by atoms with Crippen molar-refractivity contribution < 1.29 is 0 Å². The molecule has 0 aliphatic carbocycles. The summed E-state index contributed by atoms with van der Waals surface area (Å²) in [6.45, 7) is 5.51. The van der Waals surface area contributed by atoms with Gasteiger partial charge in [-0.15, -0.1) is 5.10 Å². The molecule has 2 heterocycles. The molecule has 0 spiro atoms. The van der Waals surface area contributed by atoms with Crippen LogP contribution in [0.4, 0.5) is 5.82 Å². The maximum atomic E-state index is 4.02. The predicted molar refractivity (Wildman–Crippen MR) is 69.1 cm³/mol. The van der Waals surface area contributed by atoms with Crippen LogP contribution < -0.4 is 10.2 Å². The molecule has 1 aromatic rings. The highest BCUT2D eigenvalue weighted by molar-refractivity contribution is 5.35. The van der Waals surface area contributed by atoms with Crippen LogP contribution in [0.2, 0.25) is 0 Å². The van der Waals surface area contributed by atoms with Crippen molar-refractivity contribution in [3.05, 3.63) is 6.20 Å². The summed E-state index contributed by atoms with van der Waals surface area (Å²) in [5.41, 5.74) is 0. The van der Waals surface area contributed by atoms with Crippen molar-refractivity contribution in [3.63, 3.8) is 0 Å². The molecule has 5 nitrogen and oxygen atoms in total. The van der Waals surface area contributed by atoms with Gasteiger partial charge in [0.25, 0.3) is 0 Å². The van der Waals surface area contributed by atoms with Gasteiger partial charge in [-0.25, -0.2) is 4.68 Å². The number of anilines is 1. The molecule has 0 saturated carbocycles. The number of rotatable bonds is 5. The van der Waals surface area contributed by atoms with Crippen molar-refractivity contribution in [3.8, 4) is 0 Å². The predicted octanol–water partition coefficient (Wildman–Crippen LogP) is 1.17. The van der Waals surface area contributed by atoms with Crippen LogP contribution in [0.25, 0.3) is 0 Å². The molecule has 5 heteroatoms. The first-order chi connectivity index (χ1) is 8.31. The molecule has 1 aromatic heterocycles. The number of piperidine rings is 1. The Morgan fingerprint density at radius 1 is 1.53 bits per heavy atom. The van der Waals surface area contributed by atoms with Crippen LogP contribution in [-0.2, 0) is 7.05 Å². The van der Waals surface area contributed by atoms with E-state index >= 15 is 0 Å². The Bertz CT molecular complexity index is 329. The van der Waals surface area contributed by atoms with Crippen molar-refractivity contribution in [2.24, 2.45) is 7.05 Å². The van der Waals surface area contributed by atoms with Crippen LogP contribution in [0.15, 0.2) is 6.20 Å². The summed E-state index contributed by atoms with van der Waals surface area (Å²) in [4.78, 5) is 2.39. The van der Waals surface area contributed by atoms with Gasteiger partial charge in [0.2, 0.25) is 0 Å². The third-order valence-electron chi connectivity index (χ3n) is 3.36. The molecule has 0 amide bonds. The van der Waals surface area contributed by atoms with Crippen molar-refractivity contribution in [1.82, 2.24) is 20.3 Å². The highest BCUT2D eigenvalue weighted by Gasteiger charge is 2.18. The van der Waals surface area contributed by atoms with Gasteiger partial charge in [-0.3, -0.25) is 0 Å². The Morgan fingerprint density at radius 2 is 2.41 bits per heavy atom. The summed E-state index contributed by atoms with van der Waals surface area (Å²) in [6.07, 6.45) is 6.96. The first-order valence-electron chi connectivity index (χ1n) is 6.64. The minimum atomic E-state index is 0.616. The van der Waals surface area contributed by atoms with Gasteiger partial charge in [0.15, 0.2) is 0 Å². The van der Waals surface area contributed by atoms with Crippen molar-refractivity contribution in [1.29, 1.82) is 0 Å². The molecule has 17 heavy (non-hydrogen) atoms. The zero-order valence-corrected chi connectivity index (χ0v) is 10.9. The highest BCUT2D eigenvalue weighted by Crippen LogP contribution is 2.15. The minimum absolute atomic E-state index is 0.616. The number of nitrogens with one attached hydrogen (secondary N) is 1. The summed E-state index contributed by atoms with van der Waals surface area (Å²) in [5.74, 6) is 1.12. The molecule has 1 N–H and O–H groups in total. The van der Waals surface area contributed by atoms with E-state index in [1.807, 2.05) is 17.9 Å². The zero-order valence-electron chi connectivity index (χ0n) is 10.9. The lowest BCUT2D eigenvalue weighted by molar-refractivity contribution is 0.397. The fourth-order valence-electron chi connectivity index (χ4n) is 2.49. The first kappa shape index (κ1) is 12.4. The average molecular weight is 237 g/mol. The Balaban J connectivity index is 1.99. The summed E-state index contributed by atoms with van der Waals surface area (Å²) >= 11 is 0. The molecule has 1 atom stereocenters. The second kappa shape index (κ2) is 6.00. The topological polar surface area (TPSA) is 46.0 Å². The van der Waals surface area contributed by atoms with E-state index in [9.17, 15) is 0 Å². The van der Waals surface area contributed by atoms with E-state index in [4.69, 9.17) is 0 Å². The quantitative estimate of drug-likeness (QED) is 0.835. The fourth-order valence-corrected chi connectivity index (χ4v) is 2.49. The lowest BCUT2D eigenvalue weighted by Crippen LogP contribution is -2.44. The minimum Gasteiger partial charge on any atom is -0.354 e. The Labute approximate surface area is 103 Å². The Hall–Kier alpha value is -1.10. The Kier molecular flexibility index (Phi) is 4.36. The van der Waals surface area contributed by atoms with Crippen LogP contribution in [0, 0.1) is 0 Å². The molecule has 1 unspecified atom stereocenters. The highest BCUT2D eigenvalue weighted by atomic mass is 15.5. The zero-order chi connectivity index (χ0) is 12.1. The summed E-state index contributed by atoms with van der Waals surface area (Å²) in [7, 11) is 1.96. The van der Waals surface area contributed by atoms with E-state index < -0.39 is 0 Å². The molecule has 1 saturated heterocycles. The molecular weight excluding hydrogens is 214 g/mol. The second-order valence-corrected chi connectivity index (χ2v) is 4.81. The van der Waals surface area contributed by atoms with E-state index in [1.165, 1.54) is 19.3 Å². The third kappa shape index (κ3) is 3.19. The number of aromatic nitrogens is 3. The maximum absolute atomic E-state index is 4.02. The summed E-state index contributed by atoms with van der Waals surface area (Å²) < 4.78 is 1.86. The number of hydrogen-bond donors (Lipinski definition) is 1. The van der Waals surface area contributed by atoms with Gasteiger partial charge in [0.05, 0.1) is 6.20 Å². The van der Waals surface area contributed by atoms with Gasteiger partial charge in [0, 0.05) is 26.2 Å². The molecule has 2 rings (SSSR count). The second-order valence-electron chi connectivity index (χ2n) is 4.81. The normalized spacial score (nSPS) is 20.5. The Morgan fingerprint density at radius 3 is 3.00 bits per heavy atom. The van der Waals surface area contributed by atoms with Gasteiger partial charge in [-0.1, -0.05) is 18.6 Å². The van der Waals surface area contributed by atoms with Gasteiger partial charge in [0.1, 0.15) is 5.82 Å². The van der Waals surface area contributed by atoms with E-state index in [2.05, 4.69) is 27.5 Å². The van der Waals surface area contributed by atoms with Gasteiger partial charge in [-0.05, 0) is 25.8 Å². The lowest BCUT2D eigenvalue weighted by atomic mass is 10.0. The first-order valence-corrected chi connectivity index (χ1v) is 6.64. The molecule has 1 aliphatic rings. The van der Waals surface area contributed by atoms with E-state index in [0.717, 1.165) is 31.9 Å².